The van der Waals surface area contributed by atoms with Crippen LogP contribution in [0.1, 0.15) is 11.3 Å². The molecule has 2 aromatic carbocycles. The van der Waals surface area contributed by atoms with Crippen molar-refractivity contribution in [1.82, 2.24) is 4.98 Å². The van der Waals surface area contributed by atoms with E-state index in [-0.39, 0.29) is 18.1 Å². The molecule has 0 bridgehead atoms. The molecule has 0 fully saturated rings. The fourth-order valence-electron chi connectivity index (χ4n) is 2.27. The van der Waals surface area contributed by atoms with Gasteiger partial charge in [-0.15, -0.1) is 24.5 Å². The zero-order chi connectivity index (χ0) is 20.9. The number of hydrogen-bond acceptors (Lipinski definition) is 5. The molecule has 3 aromatic rings. The molecule has 0 saturated carbocycles. The minimum atomic E-state index is -4.75. The van der Waals surface area contributed by atoms with Crippen LogP contribution in [0.2, 0.25) is 0 Å². The standard InChI is InChI=1S/C19H14BrF3N2O2S2/c20-13-3-1-12(2-4-13)10-28-18-25-15(11-29-18)9-17(26)24-14-5-7-16(8-6-14)27-19(21,22)23/h1-8,11H,9-10H2,(H,24,26). The summed E-state index contributed by atoms with van der Waals surface area (Å²) < 4.78 is 42.2. The fourth-order valence-corrected chi connectivity index (χ4v) is 4.34. The number of ether oxygens (including phenoxy) is 1. The Kier molecular flexibility index (Phi) is 7.20. The van der Waals surface area contributed by atoms with Crippen LogP contribution in [0.3, 0.4) is 0 Å². The second kappa shape index (κ2) is 9.64. The molecular formula is C19H14BrF3N2O2S2. The number of halogens is 4. The van der Waals surface area contributed by atoms with Gasteiger partial charge in [0, 0.05) is 21.3 Å². The van der Waals surface area contributed by atoms with Crippen molar-refractivity contribution in [2.45, 2.75) is 22.9 Å². The van der Waals surface area contributed by atoms with Crippen LogP contribution in [-0.2, 0) is 17.0 Å². The Labute approximate surface area is 181 Å². The van der Waals surface area contributed by atoms with Crippen molar-refractivity contribution in [1.29, 1.82) is 0 Å². The summed E-state index contributed by atoms with van der Waals surface area (Å²) in [6.07, 6.45) is -4.67. The van der Waals surface area contributed by atoms with E-state index in [1.165, 1.54) is 29.0 Å². The summed E-state index contributed by atoms with van der Waals surface area (Å²) in [5.41, 5.74) is 2.19. The number of alkyl halides is 3. The molecule has 4 nitrogen and oxygen atoms in total. The normalized spacial score (nSPS) is 11.3. The second-order valence-corrected chi connectivity index (χ2v) is 8.81. The van der Waals surface area contributed by atoms with Crippen LogP contribution in [0.15, 0.2) is 62.7 Å². The predicted octanol–water partition coefficient (Wildman–Crippen LogP) is 6.28. The highest BCUT2D eigenvalue weighted by atomic mass is 79.9. The average molecular weight is 503 g/mol. The van der Waals surface area contributed by atoms with E-state index in [0.717, 1.165) is 26.7 Å². The smallest absolute Gasteiger partial charge is 0.406 e. The summed E-state index contributed by atoms with van der Waals surface area (Å²) in [7, 11) is 0. The van der Waals surface area contributed by atoms with Crippen LogP contribution in [0.4, 0.5) is 18.9 Å². The first-order chi connectivity index (χ1) is 13.8. The van der Waals surface area contributed by atoms with Crippen molar-refractivity contribution in [2.75, 3.05) is 5.32 Å². The third-order valence-corrected chi connectivity index (χ3v) is 6.19. The van der Waals surface area contributed by atoms with Crippen LogP contribution < -0.4 is 10.1 Å². The van der Waals surface area contributed by atoms with Crippen LogP contribution >= 0.6 is 39.0 Å². The van der Waals surface area contributed by atoms with Crippen molar-refractivity contribution in [3.05, 3.63) is 69.6 Å². The van der Waals surface area contributed by atoms with Gasteiger partial charge in [0.25, 0.3) is 0 Å². The number of carbonyl (C=O) groups excluding carboxylic acids is 1. The van der Waals surface area contributed by atoms with Gasteiger partial charge >= 0.3 is 6.36 Å². The van der Waals surface area contributed by atoms with Crippen molar-refractivity contribution >= 4 is 50.6 Å². The minimum absolute atomic E-state index is 0.0795. The SMILES string of the molecule is O=C(Cc1csc(SCc2ccc(Br)cc2)n1)Nc1ccc(OC(F)(F)F)cc1. The van der Waals surface area contributed by atoms with E-state index in [1.54, 1.807) is 11.8 Å². The molecule has 1 amide bonds. The Hall–Kier alpha value is -2.04. The molecule has 10 heteroatoms. The minimum Gasteiger partial charge on any atom is -0.406 e. The number of aromatic nitrogens is 1. The van der Waals surface area contributed by atoms with Gasteiger partial charge in [0.1, 0.15) is 10.1 Å². The predicted molar refractivity (Wildman–Crippen MR) is 111 cm³/mol. The van der Waals surface area contributed by atoms with Gasteiger partial charge in [-0.05, 0) is 42.0 Å². The number of benzene rings is 2. The number of nitrogens with zero attached hydrogens (tertiary/aromatic N) is 1. The molecule has 0 aliphatic heterocycles. The Morgan fingerprint density at radius 2 is 1.83 bits per heavy atom. The molecule has 152 valence electrons. The molecule has 0 spiro atoms. The van der Waals surface area contributed by atoms with Crippen LogP contribution in [0, 0.1) is 0 Å². The van der Waals surface area contributed by atoms with E-state index >= 15 is 0 Å². The summed E-state index contributed by atoms with van der Waals surface area (Å²) in [5.74, 6) is 0.130. The number of thiazole rings is 1. The summed E-state index contributed by atoms with van der Waals surface area (Å²) in [6.45, 7) is 0. The number of anilines is 1. The summed E-state index contributed by atoms with van der Waals surface area (Å²) in [4.78, 5) is 16.6. The first-order valence-electron chi connectivity index (χ1n) is 8.24. The monoisotopic (exact) mass is 502 g/mol. The lowest BCUT2D eigenvalue weighted by Gasteiger charge is -2.09. The first kappa shape index (κ1) is 21.7. The van der Waals surface area contributed by atoms with Gasteiger partial charge in [-0.1, -0.05) is 39.8 Å². The molecule has 0 radical (unpaired) electrons. The molecule has 29 heavy (non-hydrogen) atoms. The summed E-state index contributed by atoms with van der Waals surface area (Å²) in [5, 5.41) is 4.45. The van der Waals surface area contributed by atoms with E-state index in [1.807, 2.05) is 29.6 Å². The molecule has 0 saturated heterocycles. The van der Waals surface area contributed by atoms with Gasteiger partial charge < -0.3 is 10.1 Å². The zero-order valence-electron chi connectivity index (χ0n) is 14.7. The molecule has 1 N–H and O–H groups in total. The Balaban J connectivity index is 1.49. The average Bonchev–Trinajstić information content (AvgIpc) is 3.09. The fraction of sp³-hybridized carbons (Fsp3) is 0.158. The van der Waals surface area contributed by atoms with Crippen molar-refractivity contribution in [3.8, 4) is 5.75 Å². The number of nitrogens with one attached hydrogen (secondary N) is 1. The van der Waals surface area contributed by atoms with Gasteiger partial charge in [0.2, 0.25) is 5.91 Å². The number of carbonyl (C=O) groups is 1. The topological polar surface area (TPSA) is 51.2 Å². The lowest BCUT2D eigenvalue weighted by Crippen LogP contribution is -2.17. The lowest BCUT2D eigenvalue weighted by atomic mass is 10.2. The van der Waals surface area contributed by atoms with E-state index in [4.69, 9.17) is 0 Å². The molecule has 0 aliphatic rings. The largest absolute Gasteiger partial charge is 0.573 e. The second-order valence-electron chi connectivity index (χ2n) is 5.82. The van der Waals surface area contributed by atoms with Crippen LogP contribution in [0.25, 0.3) is 0 Å². The van der Waals surface area contributed by atoms with E-state index in [2.05, 4.69) is 31.0 Å². The third kappa shape index (κ3) is 7.37. The van der Waals surface area contributed by atoms with Crippen molar-refractivity contribution in [2.24, 2.45) is 0 Å². The highest BCUT2D eigenvalue weighted by molar-refractivity contribution is 9.10. The highest BCUT2D eigenvalue weighted by Crippen LogP contribution is 2.27. The number of thioether (sulfide) groups is 1. The Morgan fingerprint density at radius 1 is 1.14 bits per heavy atom. The molecule has 0 aliphatic carbocycles. The van der Waals surface area contributed by atoms with E-state index < -0.39 is 6.36 Å². The maximum Gasteiger partial charge on any atom is 0.573 e. The zero-order valence-corrected chi connectivity index (χ0v) is 17.9. The molecular weight excluding hydrogens is 489 g/mol. The van der Waals surface area contributed by atoms with E-state index in [9.17, 15) is 18.0 Å². The van der Waals surface area contributed by atoms with Crippen LogP contribution in [-0.4, -0.2) is 17.3 Å². The molecule has 0 unspecified atom stereocenters. The lowest BCUT2D eigenvalue weighted by molar-refractivity contribution is -0.274. The number of rotatable bonds is 7. The van der Waals surface area contributed by atoms with E-state index in [0.29, 0.717) is 11.4 Å². The molecule has 1 aromatic heterocycles. The maximum absolute atomic E-state index is 12.2. The van der Waals surface area contributed by atoms with Gasteiger partial charge in [0.15, 0.2) is 0 Å². The summed E-state index contributed by atoms with van der Waals surface area (Å²) >= 11 is 6.46. The van der Waals surface area contributed by atoms with Gasteiger partial charge in [0.05, 0.1) is 12.1 Å². The number of amides is 1. The van der Waals surface area contributed by atoms with Gasteiger partial charge in [-0.3, -0.25) is 4.79 Å². The van der Waals surface area contributed by atoms with Crippen LogP contribution in [0.5, 0.6) is 5.75 Å². The Bertz CT molecular complexity index is 961. The number of hydrogen-bond donors (Lipinski definition) is 1. The first-order valence-corrected chi connectivity index (χ1v) is 10.9. The van der Waals surface area contributed by atoms with Gasteiger partial charge in [-0.25, -0.2) is 4.98 Å². The van der Waals surface area contributed by atoms with Crippen molar-refractivity contribution in [3.63, 3.8) is 0 Å². The summed E-state index contributed by atoms with van der Waals surface area (Å²) in [6, 6.07) is 13.0. The molecule has 3 rings (SSSR count). The molecule has 0 atom stereocenters. The Morgan fingerprint density at radius 3 is 2.48 bits per heavy atom. The van der Waals surface area contributed by atoms with Gasteiger partial charge in [-0.2, -0.15) is 0 Å². The maximum atomic E-state index is 12.2. The highest BCUT2D eigenvalue weighted by Gasteiger charge is 2.30. The quantitative estimate of drug-likeness (QED) is 0.386. The van der Waals surface area contributed by atoms with Crippen molar-refractivity contribution < 1.29 is 22.7 Å². The molecule has 1 heterocycles. The third-order valence-electron chi connectivity index (χ3n) is 3.52.